The number of carbonyl (C=O) groups is 1. The number of piperidine rings is 1. The molecule has 1 aromatic carbocycles. The molecule has 1 saturated heterocycles. The smallest absolute Gasteiger partial charge is 0.309 e. The van der Waals surface area contributed by atoms with Gasteiger partial charge in [0.1, 0.15) is 5.82 Å². The SMILES string of the molecule is CCOC(=O)C1CC[NH+](Cn2nc(C)n(-c3ccccc3C)c2=S)CC1. The minimum atomic E-state index is -0.0529. The maximum atomic E-state index is 11.9. The number of para-hydroxylation sites is 1. The lowest BCUT2D eigenvalue weighted by Gasteiger charge is -2.27. The molecule has 0 saturated carbocycles. The number of ether oxygens (including phenoxy) is 1. The Balaban J connectivity index is 1.71. The van der Waals surface area contributed by atoms with Gasteiger partial charge in [-0.3, -0.25) is 9.36 Å². The molecule has 1 aliphatic heterocycles. The number of aryl methyl sites for hydroxylation is 2. The van der Waals surface area contributed by atoms with E-state index in [0.29, 0.717) is 6.61 Å². The third-order valence-corrected chi connectivity index (χ3v) is 5.44. The zero-order valence-electron chi connectivity index (χ0n) is 15.7. The van der Waals surface area contributed by atoms with Gasteiger partial charge >= 0.3 is 5.97 Å². The standard InChI is InChI=1S/C19H26N4O2S/c1-4-25-18(24)16-9-11-21(12-10-16)13-22-19(26)23(15(3)20-22)17-8-6-5-7-14(17)2/h5-8,16H,4,9-13H2,1-3H3/p+1. The maximum Gasteiger partial charge on any atom is 0.309 e. The number of esters is 1. The van der Waals surface area contributed by atoms with E-state index in [0.717, 1.165) is 48.9 Å². The fourth-order valence-electron chi connectivity index (χ4n) is 3.60. The Morgan fingerprint density at radius 2 is 2.00 bits per heavy atom. The van der Waals surface area contributed by atoms with Crippen LogP contribution in [0.1, 0.15) is 31.2 Å². The highest BCUT2D eigenvalue weighted by molar-refractivity contribution is 7.71. The molecule has 0 aliphatic carbocycles. The van der Waals surface area contributed by atoms with Gasteiger partial charge in [-0.2, -0.15) is 9.78 Å². The molecule has 0 atom stereocenters. The van der Waals surface area contributed by atoms with Gasteiger partial charge in [-0.15, -0.1) is 0 Å². The van der Waals surface area contributed by atoms with E-state index in [1.165, 1.54) is 10.5 Å². The molecule has 1 aliphatic rings. The lowest BCUT2D eigenvalue weighted by molar-refractivity contribution is -0.929. The van der Waals surface area contributed by atoms with Crippen LogP contribution < -0.4 is 4.90 Å². The summed E-state index contributed by atoms with van der Waals surface area (Å²) in [6, 6.07) is 8.20. The summed E-state index contributed by atoms with van der Waals surface area (Å²) in [5.74, 6) is 0.880. The number of carbonyl (C=O) groups excluding carboxylic acids is 1. The predicted molar refractivity (Wildman–Crippen MR) is 102 cm³/mol. The second-order valence-electron chi connectivity index (χ2n) is 6.89. The highest BCUT2D eigenvalue weighted by Gasteiger charge is 2.29. The van der Waals surface area contributed by atoms with Crippen LogP contribution in [0.4, 0.5) is 0 Å². The van der Waals surface area contributed by atoms with Crippen LogP contribution in [0.5, 0.6) is 0 Å². The molecule has 0 unspecified atom stereocenters. The van der Waals surface area contributed by atoms with Crippen LogP contribution >= 0.6 is 12.2 Å². The third kappa shape index (κ3) is 3.88. The van der Waals surface area contributed by atoms with E-state index < -0.39 is 0 Å². The zero-order chi connectivity index (χ0) is 18.7. The summed E-state index contributed by atoms with van der Waals surface area (Å²) in [5.41, 5.74) is 2.26. The molecule has 26 heavy (non-hydrogen) atoms. The number of quaternary nitrogens is 1. The highest BCUT2D eigenvalue weighted by atomic mass is 32.1. The van der Waals surface area contributed by atoms with Gasteiger partial charge in [0.2, 0.25) is 4.77 Å². The van der Waals surface area contributed by atoms with E-state index in [2.05, 4.69) is 24.2 Å². The van der Waals surface area contributed by atoms with Crippen LogP contribution in [-0.4, -0.2) is 40.0 Å². The summed E-state index contributed by atoms with van der Waals surface area (Å²) in [7, 11) is 0. The topological polar surface area (TPSA) is 53.5 Å². The Kier molecular flexibility index (Phi) is 5.88. The normalized spacial score (nSPS) is 20.1. The maximum absolute atomic E-state index is 11.9. The number of nitrogens with one attached hydrogen (secondary N) is 1. The van der Waals surface area contributed by atoms with Gasteiger partial charge in [0, 0.05) is 12.8 Å². The number of benzene rings is 1. The number of hydrogen-bond donors (Lipinski definition) is 1. The lowest BCUT2D eigenvalue weighted by Crippen LogP contribution is -3.12. The summed E-state index contributed by atoms with van der Waals surface area (Å²) in [6.45, 7) is 8.97. The first-order chi connectivity index (χ1) is 12.5. The van der Waals surface area contributed by atoms with Gasteiger partial charge in [0.05, 0.1) is 31.3 Å². The molecule has 1 aromatic heterocycles. The second kappa shape index (κ2) is 8.14. The van der Waals surface area contributed by atoms with Gasteiger partial charge in [-0.1, -0.05) is 18.2 Å². The third-order valence-electron chi connectivity index (χ3n) is 5.04. The van der Waals surface area contributed by atoms with Gasteiger partial charge in [0.25, 0.3) is 0 Å². The van der Waals surface area contributed by atoms with Crippen LogP contribution in [0.25, 0.3) is 5.69 Å². The first-order valence-corrected chi connectivity index (χ1v) is 9.64. The molecule has 3 rings (SSSR count). The van der Waals surface area contributed by atoms with Crippen molar-refractivity contribution in [2.75, 3.05) is 19.7 Å². The molecule has 0 amide bonds. The molecule has 2 aromatic rings. The van der Waals surface area contributed by atoms with Gasteiger partial charge < -0.3 is 9.64 Å². The highest BCUT2D eigenvalue weighted by Crippen LogP contribution is 2.16. The van der Waals surface area contributed by atoms with Crippen molar-refractivity contribution in [3.8, 4) is 5.69 Å². The van der Waals surface area contributed by atoms with Gasteiger partial charge in [-0.25, -0.2) is 0 Å². The Labute approximate surface area is 159 Å². The van der Waals surface area contributed by atoms with Crippen molar-refractivity contribution in [3.05, 3.63) is 40.4 Å². The van der Waals surface area contributed by atoms with Crippen molar-refractivity contribution in [1.29, 1.82) is 0 Å². The van der Waals surface area contributed by atoms with E-state index >= 15 is 0 Å². The van der Waals surface area contributed by atoms with Crippen molar-refractivity contribution < 1.29 is 14.4 Å². The fraction of sp³-hybridized carbons (Fsp3) is 0.526. The summed E-state index contributed by atoms with van der Waals surface area (Å²) in [4.78, 5) is 13.3. The monoisotopic (exact) mass is 375 g/mol. The predicted octanol–water partition coefficient (Wildman–Crippen LogP) is 1.84. The summed E-state index contributed by atoms with van der Waals surface area (Å²) < 4.78 is 9.82. The average Bonchev–Trinajstić information content (AvgIpc) is 2.90. The summed E-state index contributed by atoms with van der Waals surface area (Å²) >= 11 is 5.70. The molecular formula is C19H27N4O2S+. The quantitative estimate of drug-likeness (QED) is 0.640. The van der Waals surface area contributed by atoms with E-state index in [4.69, 9.17) is 17.0 Å². The fourth-order valence-corrected chi connectivity index (χ4v) is 3.94. The first kappa shape index (κ1) is 18.8. The molecule has 0 radical (unpaired) electrons. The minimum absolute atomic E-state index is 0.0398. The number of rotatable bonds is 5. The van der Waals surface area contributed by atoms with Crippen LogP contribution in [0.15, 0.2) is 24.3 Å². The van der Waals surface area contributed by atoms with E-state index in [-0.39, 0.29) is 11.9 Å². The van der Waals surface area contributed by atoms with Crippen LogP contribution in [-0.2, 0) is 16.2 Å². The van der Waals surface area contributed by atoms with E-state index in [1.807, 2.05) is 35.2 Å². The second-order valence-corrected chi connectivity index (χ2v) is 7.25. The number of hydrogen-bond acceptors (Lipinski definition) is 4. The average molecular weight is 376 g/mol. The summed E-state index contributed by atoms with van der Waals surface area (Å²) in [6.07, 6.45) is 1.72. The van der Waals surface area contributed by atoms with E-state index in [1.54, 1.807) is 0 Å². The number of nitrogens with zero attached hydrogens (tertiary/aromatic N) is 3. The molecular weight excluding hydrogens is 348 g/mol. The van der Waals surface area contributed by atoms with Crippen molar-refractivity contribution in [1.82, 2.24) is 14.3 Å². The van der Waals surface area contributed by atoms with Crippen molar-refractivity contribution in [2.24, 2.45) is 5.92 Å². The number of likely N-dealkylation sites (tertiary alicyclic amines) is 1. The van der Waals surface area contributed by atoms with Crippen molar-refractivity contribution >= 4 is 18.2 Å². The largest absolute Gasteiger partial charge is 0.466 e. The van der Waals surface area contributed by atoms with Crippen molar-refractivity contribution in [3.63, 3.8) is 0 Å². The first-order valence-electron chi connectivity index (χ1n) is 9.24. The molecule has 7 heteroatoms. The number of aromatic nitrogens is 3. The Morgan fingerprint density at radius 3 is 2.65 bits per heavy atom. The van der Waals surface area contributed by atoms with Gasteiger partial charge in [0.15, 0.2) is 6.67 Å². The van der Waals surface area contributed by atoms with Crippen LogP contribution in [0.2, 0.25) is 0 Å². The Morgan fingerprint density at radius 1 is 1.31 bits per heavy atom. The van der Waals surface area contributed by atoms with Crippen molar-refractivity contribution in [2.45, 2.75) is 40.3 Å². The Hall–Kier alpha value is -1.99. The minimum Gasteiger partial charge on any atom is -0.466 e. The van der Waals surface area contributed by atoms with Crippen LogP contribution in [0.3, 0.4) is 0 Å². The molecule has 0 spiro atoms. The van der Waals surface area contributed by atoms with Gasteiger partial charge in [-0.05, 0) is 44.6 Å². The van der Waals surface area contributed by atoms with Crippen LogP contribution in [0, 0.1) is 24.5 Å². The molecule has 1 fully saturated rings. The Bertz CT molecular complexity index is 834. The molecule has 2 heterocycles. The molecule has 6 nitrogen and oxygen atoms in total. The zero-order valence-corrected chi connectivity index (χ0v) is 16.5. The van der Waals surface area contributed by atoms with E-state index in [9.17, 15) is 4.79 Å². The molecule has 0 bridgehead atoms. The molecule has 140 valence electrons. The molecule has 1 N–H and O–H groups in total. The summed E-state index contributed by atoms with van der Waals surface area (Å²) in [5, 5.41) is 4.67. The lowest BCUT2D eigenvalue weighted by atomic mass is 9.97.